The number of ether oxygens (including phenoxy) is 1. The lowest BCUT2D eigenvalue weighted by molar-refractivity contribution is 0.0949. The summed E-state index contributed by atoms with van der Waals surface area (Å²) in [7, 11) is 1.77. The van der Waals surface area contributed by atoms with E-state index in [0.29, 0.717) is 29.2 Å². The Balaban J connectivity index is 2.05. The van der Waals surface area contributed by atoms with Crippen LogP contribution in [-0.4, -0.2) is 48.2 Å². The van der Waals surface area contributed by atoms with Crippen LogP contribution in [0.2, 0.25) is 0 Å². The number of aromatic nitrogens is 1. The molecule has 0 fully saturated rings. The van der Waals surface area contributed by atoms with Gasteiger partial charge in [0.15, 0.2) is 5.75 Å². The van der Waals surface area contributed by atoms with Gasteiger partial charge in [0.25, 0.3) is 11.5 Å². The van der Waals surface area contributed by atoms with Crippen molar-refractivity contribution < 1.29 is 9.53 Å². The quantitative estimate of drug-likeness (QED) is 0.495. The summed E-state index contributed by atoms with van der Waals surface area (Å²) in [6, 6.07) is 7.79. The van der Waals surface area contributed by atoms with E-state index in [9.17, 15) is 9.59 Å². The fraction of sp³-hybridized carbons (Fsp3) is 0.478. The first-order chi connectivity index (χ1) is 14.5. The van der Waals surface area contributed by atoms with Crippen LogP contribution >= 0.6 is 11.3 Å². The third-order valence-corrected chi connectivity index (χ3v) is 6.65. The molecule has 0 saturated heterocycles. The van der Waals surface area contributed by atoms with Crippen molar-refractivity contribution in [1.82, 2.24) is 14.8 Å². The molecule has 2 heterocycles. The largest absolute Gasteiger partial charge is 0.491 e. The lowest BCUT2D eigenvalue weighted by atomic mass is 10.1. The van der Waals surface area contributed by atoms with Gasteiger partial charge in [0, 0.05) is 25.5 Å². The highest BCUT2D eigenvalue weighted by Gasteiger charge is 2.24. The Morgan fingerprint density at radius 3 is 2.63 bits per heavy atom. The molecule has 0 atom stereocenters. The minimum atomic E-state index is -0.180. The van der Waals surface area contributed by atoms with Gasteiger partial charge >= 0.3 is 0 Å². The maximum Gasteiger partial charge on any atom is 0.265 e. The fourth-order valence-corrected chi connectivity index (χ4v) is 4.78. The van der Waals surface area contributed by atoms with Crippen molar-refractivity contribution in [3.63, 3.8) is 0 Å². The average molecular weight is 430 g/mol. The number of unbranched alkanes of at least 4 members (excludes halogenated alkanes) is 1. The maximum atomic E-state index is 13.2. The molecule has 0 radical (unpaired) electrons. The van der Waals surface area contributed by atoms with Crippen molar-refractivity contribution in [2.24, 2.45) is 7.05 Å². The number of nitrogens with zero attached hydrogens (tertiary/aromatic N) is 2. The van der Waals surface area contributed by atoms with Gasteiger partial charge in [-0.25, -0.2) is 0 Å². The van der Waals surface area contributed by atoms with Gasteiger partial charge in [0.05, 0.1) is 16.8 Å². The number of carbonyl (C=O) groups excluding carboxylic acids is 1. The predicted molar refractivity (Wildman–Crippen MR) is 125 cm³/mol. The average Bonchev–Trinajstić information content (AvgIpc) is 3.15. The molecule has 3 aromatic rings. The third-order valence-electron chi connectivity index (χ3n) is 5.45. The molecule has 0 aliphatic heterocycles. The van der Waals surface area contributed by atoms with Gasteiger partial charge in [-0.05, 0) is 25.6 Å². The van der Waals surface area contributed by atoms with Crippen molar-refractivity contribution >= 4 is 38.2 Å². The van der Waals surface area contributed by atoms with Crippen LogP contribution in [0.5, 0.6) is 5.75 Å². The summed E-state index contributed by atoms with van der Waals surface area (Å²) in [5, 5.41) is 4.48. The Morgan fingerprint density at radius 2 is 1.93 bits per heavy atom. The molecule has 0 aliphatic carbocycles. The van der Waals surface area contributed by atoms with Crippen molar-refractivity contribution in [3.05, 3.63) is 39.5 Å². The lowest BCUT2D eigenvalue weighted by Crippen LogP contribution is -2.34. The number of hydrogen-bond acceptors (Lipinski definition) is 5. The molecule has 0 aliphatic rings. The standard InChI is InChI=1S/C23H31N3O3S/c1-5-8-15-29-19-18-20(16-11-9-10-12-17(16)25(4)23(18)28)30-21(19)22(27)24-13-14-26(6-2)7-3/h9-12H,5-8,13-15H2,1-4H3,(H,24,27). The first-order valence-electron chi connectivity index (χ1n) is 10.7. The van der Waals surface area contributed by atoms with Gasteiger partial charge in [-0.1, -0.05) is 45.4 Å². The number of pyridine rings is 1. The molecular formula is C23H31N3O3S. The monoisotopic (exact) mass is 429 g/mol. The number of carbonyl (C=O) groups is 1. The molecule has 2 aromatic heterocycles. The van der Waals surface area contributed by atoms with Crippen LogP contribution in [0.3, 0.4) is 0 Å². The van der Waals surface area contributed by atoms with Crippen molar-refractivity contribution in [3.8, 4) is 5.75 Å². The number of hydrogen-bond donors (Lipinski definition) is 1. The van der Waals surface area contributed by atoms with E-state index in [-0.39, 0.29) is 11.5 Å². The Kier molecular flexibility index (Phi) is 7.50. The minimum Gasteiger partial charge on any atom is -0.491 e. The second-order valence-corrected chi connectivity index (χ2v) is 8.35. The molecule has 7 heteroatoms. The number of amides is 1. The summed E-state index contributed by atoms with van der Waals surface area (Å²) in [6.45, 7) is 10.0. The molecule has 1 amide bonds. The van der Waals surface area contributed by atoms with E-state index in [1.165, 1.54) is 11.3 Å². The highest BCUT2D eigenvalue weighted by Crippen LogP contribution is 2.39. The van der Waals surface area contributed by atoms with E-state index < -0.39 is 0 Å². The Bertz CT molecular complexity index is 1080. The normalized spacial score (nSPS) is 11.5. The van der Waals surface area contributed by atoms with Crippen molar-refractivity contribution in [2.45, 2.75) is 33.6 Å². The molecule has 6 nitrogen and oxygen atoms in total. The number of nitrogens with one attached hydrogen (secondary N) is 1. The zero-order valence-electron chi connectivity index (χ0n) is 18.3. The molecule has 3 rings (SSSR count). The van der Waals surface area contributed by atoms with Gasteiger partial charge < -0.3 is 19.5 Å². The van der Waals surface area contributed by atoms with Gasteiger partial charge in [0.2, 0.25) is 0 Å². The summed E-state index contributed by atoms with van der Waals surface area (Å²) in [6.07, 6.45) is 1.85. The SMILES string of the molecule is CCCCOc1c(C(=O)NCCN(CC)CC)sc2c1c(=O)n(C)c1ccccc21. The van der Waals surface area contributed by atoms with E-state index in [1.807, 2.05) is 24.3 Å². The summed E-state index contributed by atoms with van der Waals surface area (Å²) >= 11 is 1.35. The van der Waals surface area contributed by atoms with Crippen LogP contribution in [0.25, 0.3) is 21.0 Å². The topological polar surface area (TPSA) is 63.6 Å². The van der Waals surface area contributed by atoms with Crippen molar-refractivity contribution in [2.75, 3.05) is 32.8 Å². The second kappa shape index (κ2) is 10.1. The van der Waals surface area contributed by atoms with E-state index in [4.69, 9.17) is 4.74 Å². The highest BCUT2D eigenvalue weighted by molar-refractivity contribution is 7.22. The van der Waals surface area contributed by atoms with Gasteiger partial charge in [0.1, 0.15) is 10.3 Å². The second-order valence-electron chi connectivity index (χ2n) is 7.33. The molecule has 30 heavy (non-hydrogen) atoms. The van der Waals surface area contributed by atoms with Crippen molar-refractivity contribution in [1.29, 1.82) is 0 Å². The van der Waals surface area contributed by atoms with Gasteiger partial charge in [-0.3, -0.25) is 9.59 Å². The fourth-order valence-electron chi connectivity index (χ4n) is 3.59. The molecule has 0 unspecified atom stereocenters. The molecule has 162 valence electrons. The molecule has 0 saturated carbocycles. The first kappa shape index (κ1) is 22.3. The smallest absolute Gasteiger partial charge is 0.265 e. The third kappa shape index (κ3) is 4.37. The Morgan fingerprint density at radius 1 is 1.20 bits per heavy atom. The number of aryl methyl sites for hydroxylation is 1. The predicted octanol–water partition coefficient (Wildman–Crippen LogP) is 4.00. The molecule has 1 aromatic carbocycles. The van der Waals surface area contributed by atoms with Crippen LogP contribution in [0.1, 0.15) is 43.3 Å². The zero-order chi connectivity index (χ0) is 21.7. The van der Waals surface area contributed by atoms with E-state index in [2.05, 4.69) is 31.0 Å². The van der Waals surface area contributed by atoms with Crippen LogP contribution in [0.15, 0.2) is 29.1 Å². The Hall–Kier alpha value is -2.38. The first-order valence-corrected chi connectivity index (χ1v) is 11.5. The summed E-state index contributed by atoms with van der Waals surface area (Å²) < 4.78 is 8.48. The number of para-hydroxylation sites is 1. The zero-order valence-corrected chi connectivity index (χ0v) is 19.1. The summed E-state index contributed by atoms with van der Waals surface area (Å²) in [5.74, 6) is 0.246. The number of rotatable bonds is 10. The van der Waals surface area contributed by atoms with Crippen LogP contribution < -0.4 is 15.6 Å². The van der Waals surface area contributed by atoms with Crippen LogP contribution in [-0.2, 0) is 7.05 Å². The summed E-state index contributed by atoms with van der Waals surface area (Å²) in [5.41, 5.74) is 0.721. The van der Waals surface area contributed by atoms with E-state index in [0.717, 1.165) is 48.1 Å². The lowest BCUT2D eigenvalue weighted by Gasteiger charge is -2.17. The molecule has 0 bridgehead atoms. The maximum absolute atomic E-state index is 13.2. The Labute approximate surface area is 181 Å². The number of likely N-dealkylation sites (N-methyl/N-ethyl adjacent to an activating group) is 1. The van der Waals surface area contributed by atoms with Gasteiger partial charge in [-0.2, -0.15) is 0 Å². The van der Waals surface area contributed by atoms with Gasteiger partial charge in [-0.15, -0.1) is 11.3 Å². The summed E-state index contributed by atoms with van der Waals surface area (Å²) in [4.78, 5) is 29.0. The van der Waals surface area contributed by atoms with E-state index in [1.54, 1.807) is 11.6 Å². The van der Waals surface area contributed by atoms with Crippen LogP contribution in [0, 0.1) is 0 Å². The molecule has 0 spiro atoms. The van der Waals surface area contributed by atoms with Crippen LogP contribution in [0.4, 0.5) is 0 Å². The molecule has 1 N–H and O–H groups in total. The van der Waals surface area contributed by atoms with E-state index >= 15 is 0 Å². The number of thiophene rings is 1. The number of benzene rings is 1. The highest BCUT2D eigenvalue weighted by atomic mass is 32.1. The number of fused-ring (bicyclic) bond motifs is 3. The molecular weight excluding hydrogens is 398 g/mol. The minimum absolute atomic E-state index is 0.131.